The molecule has 0 aromatic heterocycles. The van der Waals surface area contributed by atoms with Gasteiger partial charge in [-0.05, 0) is 25.7 Å². The molecule has 3 rings (SSSR count). The summed E-state index contributed by atoms with van der Waals surface area (Å²) in [7, 11) is 0. The Labute approximate surface area is 145 Å². The van der Waals surface area contributed by atoms with Crippen LogP contribution in [-0.2, 0) is 0 Å². The zero-order valence-electron chi connectivity index (χ0n) is 14.5. The third-order valence-corrected chi connectivity index (χ3v) is 5.11. The summed E-state index contributed by atoms with van der Waals surface area (Å²) in [4.78, 5) is 17.3. The van der Waals surface area contributed by atoms with Crippen molar-refractivity contribution >= 4 is 11.9 Å². The molecule has 0 aliphatic heterocycles. The maximum absolute atomic E-state index is 12.4. The monoisotopic (exact) mass is 327 g/mol. The summed E-state index contributed by atoms with van der Waals surface area (Å²) in [6.45, 7) is 0. The van der Waals surface area contributed by atoms with E-state index in [-0.39, 0.29) is 6.03 Å². The summed E-state index contributed by atoms with van der Waals surface area (Å²) >= 11 is 0. The van der Waals surface area contributed by atoms with Crippen molar-refractivity contribution in [2.75, 3.05) is 0 Å². The van der Waals surface area contributed by atoms with Crippen LogP contribution >= 0.6 is 0 Å². The van der Waals surface area contributed by atoms with Gasteiger partial charge in [-0.25, -0.2) is 4.79 Å². The van der Waals surface area contributed by atoms with Crippen LogP contribution in [-0.4, -0.2) is 24.0 Å². The van der Waals surface area contributed by atoms with Crippen LogP contribution in [0.5, 0.6) is 0 Å². The van der Waals surface area contributed by atoms with E-state index in [1.165, 1.54) is 38.5 Å². The van der Waals surface area contributed by atoms with Crippen LogP contribution in [0.2, 0.25) is 0 Å². The van der Waals surface area contributed by atoms with Gasteiger partial charge >= 0.3 is 6.03 Å². The molecule has 2 amide bonds. The second-order valence-electron chi connectivity index (χ2n) is 7.07. The molecule has 4 nitrogen and oxygen atoms in total. The molecule has 1 aromatic carbocycles. The molecule has 0 atom stereocenters. The number of urea groups is 1. The number of hydrogen-bond acceptors (Lipinski definition) is 2. The Morgan fingerprint density at radius 2 is 1.50 bits per heavy atom. The molecule has 2 fully saturated rings. The zero-order chi connectivity index (χ0) is 16.6. The van der Waals surface area contributed by atoms with E-state index in [0.29, 0.717) is 12.1 Å². The third-order valence-electron chi connectivity index (χ3n) is 5.11. The summed E-state index contributed by atoms with van der Waals surface area (Å²) < 4.78 is 0. The van der Waals surface area contributed by atoms with Gasteiger partial charge in [-0.1, -0.05) is 68.9 Å². The first kappa shape index (κ1) is 17.0. The summed E-state index contributed by atoms with van der Waals surface area (Å²) in [6.07, 6.45) is 11.9. The Morgan fingerprint density at radius 3 is 2.17 bits per heavy atom. The van der Waals surface area contributed by atoms with Crippen LogP contribution in [0.25, 0.3) is 0 Å². The highest BCUT2D eigenvalue weighted by molar-refractivity contribution is 6.07. The molecular weight excluding hydrogens is 298 g/mol. The Morgan fingerprint density at radius 1 is 0.875 bits per heavy atom. The summed E-state index contributed by atoms with van der Waals surface area (Å²) in [5.41, 5.74) is 0.988. The SMILES string of the molecule is O=C(NC(=NC1CCCCC1)c1ccccc1)NC1CCCCC1. The minimum Gasteiger partial charge on any atom is -0.335 e. The molecule has 0 spiro atoms. The summed E-state index contributed by atoms with van der Waals surface area (Å²) in [5.74, 6) is 0.718. The van der Waals surface area contributed by atoms with Gasteiger partial charge in [0.15, 0.2) is 0 Å². The number of amides is 2. The molecule has 0 unspecified atom stereocenters. The first-order valence-corrected chi connectivity index (χ1v) is 9.52. The number of carbonyl (C=O) groups is 1. The quantitative estimate of drug-likeness (QED) is 0.627. The number of benzene rings is 1. The van der Waals surface area contributed by atoms with Crippen LogP contribution < -0.4 is 10.6 Å². The van der Waals surface area contributed by atoms with Gasteiger partial charge in [0.1, 0.15) is 5.84 Å². The van der Waals surface area contributed by atoms with Crippen LogP contribution in [0.1, 0.15) is 69.8 Å². The maximum atomic E-state index is 12.4. The number of hydrogen-bond donors (Lipinski definition) is 2. The average molecular weight is 327 g/mol. The molecule has 130 valence electrons. The van der Waals surface area contributed by atoms with Gasteiger partial charge in [-0.2, -0.15) is 0 Å². The molecule has 2 saturated carbocycles. The Balaban J connectivity index is 1.67. The molecular formula is C20H29N3O. The molecule has 0 saturated heterocycles. The number of aliphatic imine (C=N–C) groups is 1. The maximum Gasteiger partial charge on any atom is 0.320 e. The minimum absolute atomic E-state index is 0.111. The molecule has 4 heteroatoms. The number of nitrogens with zero attached hydrogens (tertiary/aromatic N) is 1. The van der Waals surface area contributed by atoms with Gasteiger partial charge in [0, 0.05) is 11.6 Å². The van der Waals surface area contributed by atoms with Crippen LogP contribution in [0.3, 0.4) is 0 Å². The molecule has 1 aromatic rings. The van der Waals surface area contributed by atoms with Crippen molar-refractivity contribution in [3.05, 3.63) is 35.9 Å². The standard InChI is InChI=1S/C20H29N3O/c24-20(22-18-14-8-3-9-15-18)23-19(16-10-4-1-5-11-16)21-17-12-6-2-7-13-17/h1,4-5,10-11,17-18H,2-3,6-9,12-15H2,(H2,21,22,23,24). The van der Waals surface area contributed by atoms with Crippen LogP contribution in [0.4, 0.5) is 4.79 Å². The van der Waals surface area contributed by atoms with Gasteiger partial charge in [-0.15, -0.1) is 0 Å². The topological polar surface area (TPSA) is 53.5 Å². The van der Waals surface area contributed by atoms with E-state index in [9.17, 15) is 4.79 Å². The predicted molar refractivity (Wildman–Crippen MR) is 98.4 cm³/mol. The van der Waals surface area contributed by atoms with Gasteiger partial charge < -0.3 is 5.32 Å². The Kier molecular flexibility index (Phi) is 6.27. The second kappa shape index (κ2) is 8.86. The van der Waals surface area contributed by atoms with E-state index in [1.807, 2.05) is 30.3 Å². The lowest BCUT2D eigenvalue weighted by Crippen LogP contribution is -2.45. The number of carbonyl (C=O) groups excluding carboxylic acids is 1. The third kappa shape index (κ3) is 5.08. The highest BCUT2D eigenvalue weighted by Gasteiger charge is 2.18. The highest BCUT2D eigenvalue weighted by Crippen LogP contribution is 2.21. The zero-order valence-corrected chi connectivity index (χ0v) is 14.5. The van der Waals surface area contributed by atoms with Crippen molar-refractivity contribution < 1.29 is 4.79 Å². The highest BCUT2D eigenvalue weighted by atomic mass is 16.2. The molecule has 2 N–H and O–H groups in total. The Hall–Kier alpha value is -1.84. The van der Waals surface area contributed by atoms with Crippen molar-refractivity contribution in [2.24, 2.45) is 4.99 Å². The van der Waals surface area contributed by atoms with Gasteiger partial charge in [-0.3, -0.25) is 10.3 Å². The molecule has 2 aliphatic carbocycles. The number of rotatable bonds is 3. The first-order chi connectivity index (χ1) is 11.8. The van der Waals surface area contributed by atoms with Gasteiger partial charge in [0.2, 0.25) is 0 Å². The largest absolute Gasteiger partial charge is 0.335 e. The lowest BCUT2D eigenvalue weighted by atomic mass is 9.95. The number of amidine groups is 1. The van der Waals surface area contributed by atoms with Crippen molar-refractivity contribution in [1.82, 2.24) is 10.6 Å². The van der Waals surface area contributed by atoms with Gasteiger partial charge in [0.05, 0.1) is 6.04 Å². The van der Waals surface area contributed by atoms with Gasteiger partial charge in [0.25, 0.3) is 0 Å². The van der Waals surface area contributed by atoms with Crippen molar-refractivity contribution in [2.45, 2.75) is 76.3 Å². The van der Waals surface area contributed by atoms with E-state index < -0.39 is 0 Å². The van der Waals surface area contributed by atoms with Crippen molar-refractivity contribution in [3.63, 3.8) is 0 Å². The van der Waals surface area contributed by atoms with E-state index in [2.05, 4.69) is 10.6 Å². The fraction of sp³-hybridized carbons (Fsp3) is 0.600. The average Bonchev–Trinajstić information content (AvgIpc) is 2.63. The molecule has 2 aliphatic rings. The summed E-state index contributed by atoms with van der Waals surface area (Å²) in [6, 6.07) is 10.5. The molecule has 0 bridgehead atoms. The Bertz CT molecular complexity index is 543. The molecule has 0 radical (unpaired) electrons. The fourth-order valence-corrected chi connectivity index (χ4v) is 3.74. The first-order valence-electron chi connectivity index (χ1n) is 9.52. The number of nitrogens with one attached hydrogen (secondary N) is 2. The van der Waals surface area contributed by atoms with E-state index in [0.717, 1.165) is 37.1 Å². The van der Waals surface area contributed by atoms with Crippen molar-refractivity contribution in [1.29, 1.82) is 0 Å². The minimum atomic E-state index is -0.111. The van der Waals surface area contributed by atoms with E-state index >= 15 is 0 Å². The van der Waals surface area contributed by atoms with Crippen LogP contribution in [0.15, 0.2) is 35.3 Å². The van der Waals surface area contributed by atoms with E-state index in [1.54, 1.807) is 0 Å². The van der Waals surface area contributed by atoms with E-state index in [4.69, 9.17) is 4.99 Å². The lowest BCUT2D eigenvalue weighted by molar-refractivity contribution is 0.237. The smallest absolute Gasteiger partial charge is 0.320 e. The fourth-order valence-electron chi connectivity index (χ4n) is 3.74. The predicted octanol–water partition coefficient (Wildman–Crippen LogP) is 4.40. The lowest BCUT2D eigenvalue weighted by Gasteiger charge is -2.24. The summed E-state index contributed by atoms with van der Waals surface area (Å²) in [5, 5.41) is 6.15. The molecule has 24 heavy (non-hydrogen) atoms. The van der Waals surface area contributed by atoms with Crippen LogP contribution in [0, 0.1) is 0 Å². The molecule has 0 heterocycles. The van der Waals surface area contributed by atoms with Crippen molar-refractivity contribution in [3.8, 4) is 0 Å². The normalized spacial score (nSPS) is 20.6. The second-order valence-corrected chi connectivity index (χ2v) is 7.07.